The van der Waals surface area contributed by atoms with Crippen molar-refractivity contribution in [2.45, 2.75) is 38.8 Å². The molecule has 3 atom stereocenters. The summed E-state index contributed by atoms with van der Waals surface area (Å²) in [6.45, 7) is 3.40. The van der Waals surface area contributed by atoms with E-state index in [1.807, 2.05) is 0 Å². The second kappa shape index (κ2) is 7.76. The molecule has 0 bridgehead atoms. The third kappa shape index (κ3) is 5.22. The molecule has 1 N–H and O–H groups in total. The number of carbonyl (C=O) groups excluding carboxylic acids is 1. The van der Waals surface area contributed by atoms with Crippen LogP contribution in [0.15, 0.2) is 0 Å². The lowest BCUT2D eigenvalue weighted by atomic mass is 10.2. The number of aliphatic hydroxyl groups is 1. The molecule has 5 heteroatoms. The van der Waals surface area contributed by atoms with Gasteiger partial charge in [-0.1, -0.05) is 6.92 Å². The van der Waals surface area contributed by atoms with Crippen molar-refractivity contribution < 1.29 is 24.1 Å². The number of aliphatic hydroxyl groups excluding tert-OH is 1. The average molecular weight is 220 g/mol. The molecule has 0 saturated carbocycles. The summed E-state index contributed by atoms with van der Waals surface area (Å²) >= 11 is 0. The van der Waals surface area contributed by atoms with Crippen molar-refractivity contribution in [1.29, 1.82) is 0 Å². The van der Waals surface area contributed by atoms with Crippen LogP contribution in [0.4, 0.5) is 0 Å². The van der Waals surface area contributed by atoms with E-state index < -0.39 is 18.5 Å². The number of hydrogen-bond acceptors (Lipinski definition) is 5. The Kier molecular flexibility index (Phi) is 7.50. The zero-order valence-electron chi connectivity index (χ0n) is 9.73. The van der Waals surface area contributed by atoms with E-state index in [-0.39, 0.29) is 12.4 Å². The zero-order chi connectivity index (χ0) is 11.8. The highest BCUT2D eigenvalue weighted by molar-refractivity contribution is 5.82. The van der Waals surface area contributed by atoms with Crippen molar-refractivity contribution in [2.75, 3.05) is 20.8 Å². The monoisotopic (exact) mass is 220 g/mol. The molecule has 0 rings (SSSR count). The number of ether oxygens (including phenoxy) is 3. The van der Waals surface area contributed by atoms with Crippen LogP contribution in [0, 0.1) is 0 Å². The van der Waals surface area contributed by atoms with E-state index in [0.29, 0.717) is 6.42 Å². The molecule has 0 aliphatic heterocycles. The fourth-order valence-corrected chi connectivity index (χ4v) is 1.11. The van der Waals surface area contributed by atoms with Crippen LogP contribution in [0.1, 0.15) is 20.3 Å². The predicted molar refractivity (Wildman–Crippen MR) is 54.5 cm³/mol. The molecule has 0 radical (unpaired) electrons. The van der Waals surface area contributed by atoms with Crippen LogP contribution < -0.4 is 0 Å². The Morgan fingerprint density at radius 3 is 2.27 bits per heavy atom. The molecule has 3 unspecified atom stereocenters. The first-order valence-electron chi connectivity index (χ1n) is 4.94. The second-order valence-corrected chi connectivity index (χ2v) is 3.22. The van der Waals surface area contributed by atoms with Crippen molar-refractivity contribution in [2.24, 2.45) is 0 Å². The van der Waals surface area contributed by atoms with Crippen molar-refractivity contribution in [1.82, 2.24) is 0 Å². The predicted octanol–water partition coefficient (Wildman–Crippen LogP) is 0.350. The molecule has 0 aromatic rings. The number of methoxy groups -OCH3 is 2. The van der Waals surface area contributed by atoms with Gasteiger partial charge < -0.3 is 19.3 Å². The SMILES string of the molecule is CCC(=O)C(COC(OC)C(C)O)OC. The third-order valence-electron chi connectivity index (χ3n) is 2.03. The Hall–Kier alpha value is -0.490. The van der Waals surface area contributed by atoms with Gasteiger partial charge in [-0.25, -0.2) is 0 Å². The molecule has 0 fully saturated rings. The topological polar surface area (TPSA) is 65.0 Å². The minimum absolute atomic E-state index is 0.0297. The highest BCUT2D eigenvalue weighted by Gasteiger charge is 2.20. The van der Waals surface area contributed by atoms with Crippen molar-refractivity contribution >= 4 is 5.78 Å². The number of hydrogen-bond donors (Lipinski definition) is 1. The van der Waals surface area contributed by atoms with Crippen LogP contribution in [-0.2, 0) is 19.0 Å². The van der Waals surface area contributed by atoms with Gasteiger partial charge in [0.05, 0.1) is 6.61 Å². The van der Waals surface area contributed by atoms with Gasteiger partial charge in [0.15, 0.2) is 12.1 Å². The highest BCUT2D eigenvalue weighted by Crippen LogP contribution is 2.04. The van der Waals surface area contributed by atoms with Crippen molar-refractivity contribution in [3.63, 3.8) is 0 Å². The summed E-state index contributed by atoms with van der Waals surface area (Å²) in [6, 6.07) is 0. The Morgan fingerprint density at radius 2 is 1.93 bits per heavy atom. The van der Waals surface area contributed by atoms with E-state index in [1.165, 1.54) is 14.2 Å². The van der Waals surface area contributed by atoms with Crippen LogP contribution in [0.3, 0.4) is 0 Å². The van der Waals surface area contributed by atoms with Crippen molar-refractivity contribution in [3.05, 3.63) is 0 Å². The van der Waals surface area contributed by atoms with Crippen LogP contribution in [-0.4, -0.2) is 50.2 Å². The fourth-order valence-electron chi connectivity index (χ4n) is 1.11. The maximum absolute atomic E-state index is 11.3. The molecule has 90 valence electrons. The molecule has 0 aromatic heterocycles. The minimum Gasteiger partial charge on any atom is -0.388 e. The summed E-state index contributed by atoms with van der Waals surface area (Å²) in [5.74, 6) is -0.0297. The number of ketones is 1. The second-order valence-electron chi connectivity index (χ2n) is 3.22. The maximum atomic E-state index is 11.3. The van der Waals surface area contributed by atoms with Gasteiger partial charge in [-0.2, -0.15) is 0 Å². The zero-order valence-corrected chi connectivity index (χ0v) is 9.73. The Labute approximate surface area is 90.3 Å². The molecule has 5 nitrogen and oxygen atoms in total. The first kappa shape index (κ1) is 14.5. The van der Waals surface area contributed by atoms with Gasteiger partial charge in [-0.05, 0) is 6.92 Å². The lowest BCUT2D eigenvalue weighted by molar-refractivity contribution is -0.189. The summed E-state index contributed by atoms with van der Waals surface area (Å²) in [7, 11) is 2.88. The van der Waals surface area contributed by atoms with E-state index in [9.17, 15) is 9.90 Å². The van der Waals surface area contributed by atoms with E-state index in [0.717, 1.165) is 0 Å². The number of carbonyl (C=O) groups is 1. The fraction of sp³-hybridized carbons (Fsp3) is 0.900. The van der Waals surface area contributed by atoms with Crippen LogP contribution in [0.5, 0.6) is 0 Å². The summed E-state index contributed by atoms with van der Waals surface area (Å²) in [6.07, 6.45) is -1.67. The highest BCUT2D eigenvalue weighted by atomic mass is 16.7. The Morgan fingerprint density at radius 1 is 1.33 bits per heavy atom. The lowest BCUT2D eigenvalue weighted by Gasteiger charge is -2.21. The Bertz CT molecular complexity index is 181. The lowest BCUT2D eigenvalue weighted by Crippen LogP contribution is -2.35. The first-order valence-corrected chi connectivity index (χ1v) is 4.94. The molecular weight excluding hydrogens is 200 g/mol. The standard InChI is InChI=1S/C10H20O5/c1-5-8(12)9(13-3)6-15-10(14-4)7(2)11/h7,9-11H,5-6H2,1-4H3. The molecule has 0 aliphatic rings. The molecule has 15 heavy (non-hydrogen) atoms. The largest absolute Gasteiger partial charge is 0.388 e. The summed E-state index contributed by atoms with van der Waals surface area (Å²) < 4.78 is 15.1. The van der Waals surface area contributed by atoms with Crippen LogP contribution >= 0.6 is 0 Å². The summed E-state index contributed by atoms with van der Waals surface area (Å²) in [4.78, 5) is 11.3. The summed E-state index contributed by atoms with van der Waals surface area (Å²) in [5.41, 5.74) is 0. The van der Waals surface area contributed by atoms with Crippen LogP contribution in [0.25, 0.3) is 0 Å². The maximum Gasteiger partial charge on any atom is 0.182 e. The van der Waals surface area contributed by atoms with Gasteiger partial charge in [0.25, 0.3) is 0 Å². The van der Waals surface area contributed by atoms with Gasteiger partial charge >= 0.3 is 0 Å². The first-order chi connectivity index (χ1) is 7.06. The van der Waals surface area contributed by atoms with E-state index in [1.54, 1.807) is 13.8 Å². The van der Waals surface area contributed by atoms with Gasteiger partial charge in [0.1, 0.15) is 12.2 Å². The van der Waals surface area contributed by atoms with Crippen LogP contribution in [0.2, 0.25) is 0 Å². The molecule has 0 aromatic carbocycles. The molecular formula is C10H20O5. The molecule has 0 amide bonds. The van der Waals surface area contributed by atoms with Gasteiger partial charge in [0, 0.05) is 20.6 Å². The number of rotatable bonds is 8. The molecule has 0 spiro atoms. The van der Waals surface area contributed by atoms with Gasteiger partial charge in [0.2, 0.25) is 0 Å². The smallest absolute Gasteiger partial charge is 0.182 e. The molecule has 0 heterocycles. The molecule has 0 aliphatic carbocycles. The summed E-state index contributed by atoms with van der Waals surface area (Å²) in [5, 5.41) is 9.22. The van der Waals surface area contributed by atoms with E-state index in [2.05, 4.69) is 0 Å². The average Bonchev–Trinajstić information content (AvgIpc) is 2.23. The van der Waals surface area contributed by atoms with E-state index >= 15 is 0 Å². The Balaban J connectivity index is 4.03. The quantitative estimate of drug-likeness (QED) is 0.598. The van der Waals surface area contributed by atoms with Crippen molar-refractivity contribution in [3.8, 4) is 0 Å². The molecule has 0 saturated heterocycles. The number of Topliss-reactive ketones (excluding diaryl/α,β-unsaturated/α-hetero) is 1. The minimum atomic E-state index is -0.746. The van der Waals surface area contributed by atoms with Gasteiger partial charge in [-0.15, -0.1) is 0 Å². The van der Waals surface area contributed by atoms with Gasteiger partial charge in [-0.3, -0.25) is 4.79 Å². The third-order valence-corrected chi connectivity index (χ3v) is 2.03. The normalized spacial score (nSPS) is 17.1. The van der Waals surface area contributed by atoms with E-state index in [4.69, 9.17) is 14.2 Å².